The van der Waals surface area contributed by atoms with E-state index in [2.05, 4.69) is 0 Å². The number of carbonyl (C=O) groups is 2. The zero-order chi connectivity index (χ0) is 24.3. The van der Waals surface area contributed by atoms with Crippen molar-refractivity contribution >= 4 is 17.4 Å². The molecule has 1 aliphatic heterocycles. The van der Waals surface area contributed by atoms with Crippen molar-refractivity contribution in [1.29, 1.82) is 0 Å². The van der Waals surface area contributed by atoms with Crippen LogP contribution in [0.25, 0.3) is 5.76 Å². The number of Topliss-reactive ketones (excluding diaryl/α,β-unsaturated/α-hetero) is 1. The standard InChI is InChI=1S/C24H27FN2O6/c1-26(2)10-11-27-21(16-8-7-15(31-3)13-19(16)33-5)20(23(29)24(27)30)22(28)14-6-9-18(32-4)17(25)12-14/h6-9,12-13,21,28H,10-11H2,1-5H3/b22-20+. The van der Waals surface area contributed by atoms with Gasteiger partial charge in [0.2, 0.25) is 0 Å². The van der Waals surface area contributed by atoms with E-state index in [4.69, 9.17) is 14.2 Å². The molecule has 1 atom stereocenters. The van der Waals surface area contributed by atoms with E-state index in [-0.39, 0.29) is 23.4 Å². The van der Waals surface area contributed by atoms with Crippen molar-refractivity contribution in [3.63, 3.8) is 0 Å². The Morgan fingerprint density at radius 1 is 1.03 bits per heavy atom. The molecule has 1 fully saturated rings. The summed E-state index contributed by atoms with van der Waals surface area (Å²) in [5, 5.41) is 11.1. The lowest BCUT2D eigenvalue weighted by Gasteiger charge is -2.27. The van der Waals surface area contributed by atoms with Crippen LogP contribution in [0.1, 0.15) is 17.2 Å². The fourth-order valence-corrected chi connectivity index (χ4v) is 3.76. The molecule has 2 aromatic rings. The van der Waals surface area contributed by atoms with E-state index in [9.17, 15) is 19.1 Å². The highest BCUT2D eigenvalue weighted by atomic mass is 19.1. The molecule has 33 heavy (non-hydrogen) atoms. The molecule has 0 aliphatic carbocycles. The van der Waals surface area contributed by atoms with Crippen LogP contribution < -0.4 is 14.2 Å². The summed E-state index contributed by atoms with van der Waals surface area (Å²) in [5.74, 6) is -1.90. The topological polar surface area (TPSA) is 88.5 Å². The third kappa shape index (κ3) is 4.63. The number of benzene rings is 2. The van der Waals surface area contributed by atoms with Crippen LogP contribution in [0.15, 0.2) is 42.0 Å². The van der Waals surface area contributed by atoms with Gasteiger partial charge in [-0.1, -0.05) is 0 Å². The van der Waals surface area contributed by atoms with Gasteiger partial charge in [-0.3, -0.25) is 9.59 Å². The van der Waals surface area contributed by atoms with Gasteiger partial charge in [-0.15, -0.1) is 0 Å². The summed E-state index contributed by atoms with van der Waals surface area (Å²) >= 11 is 0. The van der Waals surface area contributed by atoms with Gasteiger partial charge in [0.25, 0.3) is 11.7 Å². The molecule has 1 heterocycles. The van der Waals surface area contributed by atoms with Gasteiger partial charge >= 0.3 is 0 Å². The first-order chi connectivity index (χ1) is 15.7. The Balaban J connectivity index is 2.22. The first-order valence-corrected chi connectivity index (χ1v) is 10.2. The Kier molecular flexibility index (Phi) is 7.23. The molecule has 0 bridgehead atoms. The number of hydrogen-bond donors (Lipinski definition) is 1. The molecule has 1 saturated heterocycles. The fraction of sp³-hybridized carbons (Fsp3) is 0.333. The third-order valence-electron chi connectivity index (χ3n) is 5.49. The predicted octanol–water partition coefficient (Wildman–Crippen LogP) is 2.83. The molecule has 176 valence electrons. The van der Waals surface area contributed by atoms with E-state index in [1.165, 1.54) is 38.4 Å². The van der Waals surface area contributed by atoms with E-state index in [1.54, 1.807) is 18.2 Å². The van der Waals surface area contributed by atoms with Crippen LogP contribution in [0.2, 0.25) is 0 Å². The maximum atomic E-state index is 14.3. The minimum atomic E-state index is -0.934. The smallest absolute Gasteiger partial charge is 0.295 e. The second-order valence-electron chi connectivity index (χ2n) is 7.75. The Morgan fingerprint density at radius 2 is 1.73 bits per heavy atom. The summed E-state index contributed by atoms with van der Waals surface area (Å²) in [6.07, 6.45) is 0. The number of likely N-dealkylation sites (N-methyl/N-ethyl adjacent to an activating group) is 1. The molecule has 1 amide bonds. The van der Waals surface area contributed by atoms with E-state index in [1.807, 2.05) is 19.0 Å². The van der Waals surface area contributed by atoms with Crippen molar-refractivity contribution in [3.8, 4) is 17.2 Å². The van der Waals surface area contributed by atoms with Crippen molar-refractivity contribution in [3.05, 3.63) is 58.9 Å². The monoisotopic (exact) mass is 458 g/mol. The molecule has 1 unspecified atom stereocenters. The highest BCUT2D eigenvalue weighted by molar-refractivity contribution is 6.46. The van der Waals surface area contributed by atoms with Gasteiger partial charge in [0.1, 0.15) is 17.3 Å². The minimum Gasteiger partial charge on any atom is -0.507 e. The van der Waals surface area contributed by atoms with Crippen molar-refractivity contribution in [1.82, 2.24) is 9.80 Å². The van der Waals surface area contributed by atoms with Gasteiger partial charge in [-0.25, -0.2) is 4.39 Å². The second kappa shape index (κ2) is 9.91. The summed E-state index contributed by atoms with van der Waals surface area (Å²) in [4.78, 5) is 29.3. The molecule has 8 nitrogen and oxygen atoms in total. The maximum Gasteiger partial charge on any atom is 0.295 e. The second-order valence-corrected chi connectivity index (χ2v) is 7.75. The number of rotatable bonds is 8. The average Bonchev–Trinajstić information content (AvgIpc) is 3.06. The summed E-state index contributed by atoms with van der Waals surface area (Å²) in [6, 6.07) is 7.88. The number of ketones is 1. The highest BCUT2D eigenvalue weighted by Crippen LogP contribution is 2.43. The average molecular weight is 458 g/mol. The predicted molar refractivity (Wildman–Crippen MR) is 120 cm³/mol. The van der Waals surface area contributed by atoms with Crippen LogP contribution in [0.5, 0.6) is 17.2 Å². The number of ether oxygens (including phenoxy) is 3. The lowest BCUT2D eigenvalue weighted by Crippen LogP contribution is -2.35. The van der Waals surface area contributed by atoms with Crippen molar-refractivity contribution in [2.24, 2.45) is 0 Å². The molecule has 0 saturated carbocycles. The van der Waals surface area contributed by atoms with Crippen LogP contribution in [-0.2, 0) is 9.59 Å². The lowest BCUT2D eigenvalue weighted by atomic mass is 9.94. The van der Waals surface area contributed by atoms with Gasteiger partial charge in [-0.2, -0.15) is 0 Å². The molecular formula is C24H27FN2O6. The molecular weight excluding hydrogens is 431 g/mol. The van der Waals surface area contributed by atoms with Gasteiger partial charge in [-0.05, 0) is 44.4 Å². The van der Waals surface area contributed by atoms with Gasteiger partial charge < -0.3 is 29.1 Å². The van der Waals surface area contributed by atoms with Gasteiger partial charge in [0.05, 0.1) is 32.9 Å². The van der Waals surface area contributed by atoms with Gasteiger partial charge in [0.15, 0.2) is 11.6 Å². The number of aliphatic hydroxyl groups is 1. The minimum absolute atomic E-state index is 0.00800. The summed E-state index contributed by atoms with van der Waals surface area (Å²) in [6.45, 7) is 0.713. The van der Waals surface area contributed by atoms with E-state index >= 15 is 0 Å². The molecule has 0 spiro atoms. The van der Waals surface area contributed by atoms with E-state index in [0.29, 0.717) is 23.6 Å². The third-order valence-corrected chi connectivity index (χ3v) is 5.49. The van der Waals surface area contributed by atoms with Crippen molar-refractivity contribution in [2.75, 3.05) is 48.5 Å². The first-order valence-electron chi connectivity index (χ1n) is 10.2. The van der Waals surface area contributed by atoms with Crippen LogP contribution in [0, 0.1) is 5.82 Å². The van der Waals surface area contributed by atoms with E-state index in [0.717, 1.165) is 6.07 Å². The number of amides is 1. The Labute approximate surface area is 191 Å². The summed E-state index contributed by atoms with van der Waals surface area (Å²) in [7, 11) is 7.99. The molecule has 1 aliphatic rings. The van der Waals surface area contributed by atoms with Gasteiger partial charge in [0, 0.05) is 30.3 Å². The molecule has 2 aromatic carbocycles. The lowest BCUT2D eigenvalue weighted by molar-refractivity contribution is -0.140. The fourth-order valence-electron chi connectivity index (χ4n) is 3.76. The Bertz CT molecular complexity index is 1100. The normalized spacial score (nSPS) is 17.5. The van der Waals surface area contributed by atoms with Crippen molar-refractivity contribution in [2.45, 2.75) is 6.04 Å². The van der Waals surface area contributed by atoms with Crippen LogP contribution >= 0.6 is 0 Å². The quantitative estimate of drug-likeness (QED) is 0.370. The SMILES string of the molecule is COc1ccc(C2/C(=C(\O)c3ccc(OC)c(F)c3)C(=O)C(=O)N2CCN(C)C)c(OC)c1. The summed E-state index contributed by atoms with van der Waals surface area (Å²) < 4.78 is 30.0. The number of methoxy groups -OCH3 is 3. The van der Waals surface area contributed by atoms with Crippen molar-refractivity contribution < 1.29 is 33.3 Å². The number of halogens is 1. The zero-order valence-electron chi connectivity index (χ0n) is 19.2. The molecule has 9 heteroatoms. The zero-order valence-corrected chi connectivity index (χ0v) is 19.2. The highest BCUT2D eigenvalue weighted by Gasteiger charge is 2.47. The number of aliphatic hydroxyl groups excluding tert-OH is 1. The molecule has 0 aromatic heterocycles. The van der Waals surface area contributed by atoms with Crippen LogP contribution in [0.3, 0.4) is 0 Å². The Hall–Kier alpha value is -3.59. The number of hydrogen-bond acceptors (Lipinski definition) is 7. The number of likely N-dealkylation sites (tertiary alicyclic amines) is 1. The maximum absolute atomic E-state index is 14.3. The summed E-state index contributed by atoms with van der Waals surface area (Å²) in [5.41, 5.74) is 0.398. The Morgan fingerprint density at radius 3 is 2.30 bits per heavy atom. The first kappa shape index (κ1) is 24.1. The largest absolute Gasteiger partial charge is 0.507 e. The molecule has 0 radical (unpaired) electrons. The molecule has 3 rings (SSSR count). The molecule has 1 N–H and O–H groups in total. The van der Waals surface area contributed by atoms with E-state index < -0.39 is 29.3 Å². The van der Waals surface area contributed by atoms with Crippen LogP contribution in [-0.4, -0.2) is 75.1 Å². The van der Waals surface area contributed by atoms with Crippen LogP contribution in [0.4, 0.5) is 4.39 Å². The number of carbonyl (C=O) groups excluding carboxylic acids is 2. The number of nitrogens with zero attached hydrogens (tertiary/aromatic N) is 2.